The van der Waals surface area contributed by atoms with E-state index in [0.29, 0.717) is 12.1 Å². The largest absolute Gasteiger partial charge is 0.480 e. The van der Waals surface area contributed by atoms with Crippen molar-refractivity contribution in [3.63, 3.8) is 0 Å². The number of aromatic nitrogens is 1. The second-order valence-electron chi connectivity index (χ2n) is 6.77. The van der Waals surface area contributed by atoms with E-state index in [2.05, 4.69) is 16.4 Å². The number of hydrogen-bond donors (Lipinski definition) is 3. The minimum absolute atomic E-state index is 0.0779. The molecule has 0 fully saturated rings. The summed E-state index contributed by atoms with van der Waals surface area (Å²) in [5.41, 5.74) is 2.45. The Hall–Kier alpha value is -2.89. The zero-order chi connectivity index (χ0) is 18.7. The van der Waals surface area contributed by atoms with Crippen LogP contribution in [0, 0.1) is 6.92 Å². The Labute approximate surface area is 151 Å². The lowest BCUT2D eigenvalue weighted by molar-refractivity contribution is -0.139. The molecule has 0 aliphatic heterocycles. The number of nitrogens with one attached hydrogen (secondary N) is 2. The van der Waals surface area contributed by atoms with Gasteiger partial charge in [0.15, 0.2) is 0 Å². The summed E-state index contributed by atoms with van der Waals surface area (Å²) in [6.07, 6.45) is 3.19. The third-order valence-electron chi connectivity index (χ3n) is 4.92. The highest BCUT2D eigenvalue weighted by Crippen LogP contribution is 2.34. The van der Waals surface area contributed by atoms with Crippen LogP contribution in [0.5, 0.6) is 0 Å². The van der Waals surface area contributed by atoms with Gasteiger partial charge in [-0.2, -0.15) is 0 Å². The third kappa shape index (κ3) is 3.85. The summed E-state index contributed by atoms with van der Waals surface area (Å²) in [4.78, 5) is 38.6. The Morgan fingerprint density at radius 3 is 2.77 bits per heavy atom. The second-order valence-corrected chi connectivity index (χ2v) is 6.77. The standard InChI is InChI=1S/C20H22N2O4/c1-12-9-10-16(18(23)21-12)19(24)22-17(20(25)26)11-14-7-4-6-13-5-2-3-8-15(13)14/h2-3,5,8-10,14,17H,4,6-7,11H2,1H3,(H,21,23)(H,22,24)(H,25,26). The highest BCUT2D eigenvalue weighted by atomic mass is 16.4. The Kier molecular flexibility index (Phi) is 5.21. The monoisotopic (exact) mass is 354 g/mol. The number of aryl methyl sites for hydroxylation is 2. The van der Waals surface area contributed by atoms with E-state index in [4.69, 9.17) is 0 Å². The summed E-state index contributed by atoms with van der Waals surface area (Å²) >= 11 is 0. The van der Waals surface area contributed by atoms with E-state index in [9.17, 15) is 19.5 Å². The average Bonchev–Trinajstić information content (AvgIpc) is 2.61. The molecule has 2 unspecified atom stereocenters. The SMILES string of the molecule is Cc1ccc(C(=O)NC(CC2CCCc3ccccc32)C(=O)O)c(=O)[nH]1. The van der Waals surface area contributed by atoms with E-state index in [1.54, 1.807) is 13.0 Å². The molecule has 2 atom stereocenters. The second kappa shape index (κ2) is 7.56. The molecule has 1 aromatic carbocycles. The van der Waals surface area contributed by atoms with Gasteiger partial charge in [0.2, 0.25) is 0 Å². The molecule has 1 amide bonds. The fraction of sp³-hybridized carbons (Fsp3) is 0.350. The van der Waals surface area contributed by atoms with Gasteiger partial charge >= 0.3 is 5.97 Å². The van der Waals surface area contributed by atoms with Crippen LogP contribution in [0.25, 0.3) is 0 Å². The number of carbonyl (C=O) groups is 2. The molecule has 0 radical (unpaired) electrons. The number of aliphatic carboxylic acids is 1. The fourth-order valence-electron chi connectivity index (χ4n) is 3.59. The summed E-state index contributed by atoms with van der Waals surface area (Å²) in [5.74, 6) is -1.68. The Bertz CT molecular complexity index is 887. The summed E-state index contributed by atoms with van der Waals surface area (Å²) in [6.45, 7) is 1.71. The highest BCUT2D eigenvalue weighted by molar-refractivity contribution is 5.96. The van der Waals surface area contributed by atoms with Gasteiger partial charge in [-0.3, -0.25) is 9.59 Å². The molecular weight excluding hydrogens is 332 g/mol. The van der Waals surface area contributed by atoms with Crippen molar-refractivity contribution in [2.24, 2.45) is 0 Å². The van der Waals surface area contributed by atoms with E-state index in [1.807, 2.05) is 18.2 Å². The van der Waals surface area contributed by atoms with Gasteiger partial charge in [0.05, 0.1) is 0 Å². The summed E-state index contributed by atoms with van der Waals surface area (Å²) < 4.78 is 0. The van der Waals surface area contributed by atoms with Gasteiger partial charge < -0.3 is 15.4 Å². The van der Waals surface area contributed by atoms with Crippen LogP contribution in [0.2, 0.25) is 0 Å². The van der Waals surface area contributed by atoms with Crippen LogP contribution in [-0.2, 0) is 11.2 Å². The van der Waals surface area contributed by atoms with E-state index in [-0.39, 0.29) is 11.5 Å². The molecular formula is C20H22N2O4. The molecule has 6 nitrogen and oxygen atoms in total. The topological polar surface area (TPSA) is 99.3 Å². The smallest absolute Gasteiger partial charge is 0.326 e. The lowest BCUT2D eigenvalue weighted by Gasteiger charge is -2.28. The first-order valence-electron chi connectivity index (χ1n) is 8.77. The number of pyridine rings is 1. The van der Waals surface area contributed by atoms with Crippen molar-refractivity contribution in [1.82, 2.24) is 10.3 Å². The maximum atomic E-state index is 12.4. The van der Waals surface area contributed by atoms with Crippen molar-refractivity contribution >= 4 is 11.9 Å². The van der Waals surface area contributed by atoms with Crippen LogP contribution in [0.3, 0.4) is 0 Å². The first-order chi connectivity index (χ1) is 12.5. The van der Waals surface area contributed by atoms with Gasteiger partial charge in [-0.25, -0.2) is 4.79 Å². The van der Waals surface area contributed by atoms with Crippen LogP contribution in [-0.4, -0.2) is 28.0 Å². The van der Waals surface area contributed by atoms with Crippen molar-refractivity contribution in [1.29, 1.82) is 0 Å². The number of rotatable bonds is 5. The minimum Gasteiger partial charge on any atom is -0.480 e. The molecule has 6 heteroatoms. The number of fused-ring (bicyclic) bond motifs is 1. The number of carboxylic acids is 1. The van der Waals surface area contributed by atoms with Crippen LogP contribution in [0.1, 0.15) is 52.4 Å². The van der Waals surface area contributed by atoms with Crippen molar-refractivity contribution in [3.8, 4) is 0 Å². The van der Waals surface area contributed by atoms with E-state index in [1.165, 1.54) is 11.6 Å². The highest BCUT2D eigenvalue weighted by Gasteiger charge is 2.28. The van der Waals surface area contributed by atoms with Crippen molar-refractivity contribution in [3.05, 3.63) is 69.1 Å². The van der Waals surface area contributed by atoms with Gasteiger partial charge in [-0.05, 0) is 61.8 Å². The van der Waals surface area contributed by atoms with Gasteiger partial charge in [0, 0.05) is 5.69 Å². The van der Waals surface area contributed by atoms with E-state index >= 15 is 0 Å². The van der Waals surface area contributed by atoms with E-state index in [0.717, 1.165) is 24.8 Å². The van der Waals surface area contributed by atoms with Crippen LogP contribution < -0.4 is 10.9 Å². The van der Waals surface area contributed by atoms with E-state index < -0.39 is 23.5 Å². The molecule has 0 saturated carbocycles. The zero-order valence-corrected chi connectivity index (χ0v) is 14.6. The number of hydrogen-bond acceptors (Lipinski definition) is 3. The number of H-pyrrole nitrogens is 1. The molecule has 1 aromatic heterocycles. The Morgan fingerprint density at radius 2 is 2.04 bits per heavy atom. The molecule has 0 saturated heterocycles. The molecule has 0 bridgehead atoms. The molecule has 1 heterocycles. The van der Waals surface area contributed by atoms with Crippen molar-refractivity contribution in [2.45, 2.75) is 44.6 Å². The predicted octanol–water partition coefficient (Wildman–Crippen LogP) is 2.38. The normalized spacial score (nSPS) is 17.2. The first kappa shape index (κ1) is 17.9. The number of carboxylic acid groups (broad SMARTS) is 1. The molecule has 3 rings (SSSR count). The molecule has 3 N–H and O–H groups in total. The Morgan fingerprint density at radius 1 is 1.27 bits per heavy atom. The lowest BCUT2D eigenvalue weighted by Crippen LogP contribution is -2.43. The molecule has 136 valence electrons. The number of carbonyl (C=O) groups excluding carboxylic acids is 1. The molecule has 1 aliphatic rings. The number of amides is 1. The fourth-order valence-corrected chi connectivity index (χ4v) is 3.59. The van der Waals surface area contributed by atoms with Gasteiger partial charge in [0.1, 0.15) is 11.6 Å². The molecule has 0 spiro atoms. The third-order valence-corrected chi connectivity index (χ3v) is 4.92. The summed E-state index contributed by atoms with van der Waals surface area (Å²) in [6, 6.07) is 10.0. The molecule has 26 heavy (non-hydrogen) atoms. The number of benzene rings is 1. The van der Waals surface area contributed by atoms with Crippen LogP contribution >= 0.6 is 0 Å². The molecule has 2 aromatic rings. The van der Waals surface area contributed by atoms with Crippen molar-refractivity contribution < 1.29 is 14.7 Å². The zero-order valence-electron chi connectivity index (χ0n) is 14.6. The quantitative estimate of drug-likeness (QED) is 0.767. The predicted molar refractivity (Wildman–Crippen MR) is 97.4 cm³/mol. The Balaban J connectivity index is 1.77. The average molecular weight is 354 g/mol. The lowest BCUT2D eigenvalue weighted by atomic mass is 9.79. The summed E-state index contributed by atoms with van der Waals surface area (Å²) in [5, 5.41) is 12.1. The maximum absolute atomic E-state index is 12.4. The van der Waals surface area contributed by atoms with Gasteiger partial charge in [0.25, 0.3) is 11.5 Å². The molecule has 1 aliphatic carbocycles. The van der Waals surface area contributed by atoms with Gasteiger partial charge in [-0.1, -0.05) is 24.3 Å². The number of aromatic amines is 1. The van der Waals surface area contributed by atoms with Gasteiger partial charge in [-0.15, -0.1) is 0 Å². The van der Waals surface area contributed by atoms with Crippen molar-refractivity contribution in [2.75, 3.05) is 0 Å². The first-order valence-corrected chi connectivity index (χ1v) is 8.77. The summed E-state index contributed by atoms with van der Waals surface area (Å²) in [7, 11) is 0. The maximum Gasteiger partial charge on any atom is 0.326 e. The van der Waals surface area contributed by atoms with Crippen LogP contribution in [0.4, 0.5) is 0 Å². The minimum atomic E-state index is -1.09. The van der Waals surface area contributed by atoms with Crippen LogP contribution in [0.15, 0.2) is 41.2 Å².